The molecule has 2 aromatic carbocycles. The third kappa shape index (κ3) is 5.46. The first-order valence-electron chi connectivity index (χ1n) is 10.8. The summed E-state index contributed by atoms with van der Waals surface area (Å²) < 4.78 is 20.7. The van der Waals surface area contributed by atoms with Gasteiger partial charge in [-0.2, -0.15) is 0 Å². The van der Waals surface area contributed by atoms with E-state index < -0.39 is 35.1 Å². The number of aryl methyl sites for hydroxylation is 1. The summed E-state index contributed by atoms with van der Waals surface area (Å²) in [4.78, 5) is 48.6. The number of hydrogen-bond donors (Lipinski definition) is 2. The van der Waals surface area contributed by atoms with Crippen LogP contribution in [0, 0.1) is 17.0 Å². The van der Waals surface area contributed by atoms with Gasteiger partial charge in [-0.1, -0.05) is 6.07 Å². The van der Waals surface area contributed by atoms with Crippen LogP contribution in [0.1, 0.15) is 36.7 Å². The van der Waals surface area contributed by atoms with Crippen LogP contribution in [0.5, 0.6) is 11.5 Å². The van der Waals surface area contributed by atoms with Crippen molar-refractivity contribution in [2.24, 2.45) is 0 Å². The zero-order valence-corrected chi connectivity index (χ0v) is 20.5. The first-order chi connectivity index (χ1) is 17.7. The molecule has 3 aromatic rings. The van der Waals surface area contributed by atoms with Crippen LogP contribution in [-0.2, 0) is 20.7 Å². The second-order valence-corrected chi connectivity index (χ2v) is 9.08. The zero-order valence-electron chi connectivity index (χ0n) is 19.7. The molecule has 1 aliphatic rings. The number of benzene rings is 2. The Morgan fingerprint density at radius 3 is 2.62 bits per heavy atom. The number of esters is 2. The van der Waals surface area contributed by atoms with Gasteiger partial charge in [0.25, 0.3) is 11.6 Å². The smallest absolute Gasteiger partial charge is 0.341 e. The second-order valence-electron chi connectivity index (χ2n) is 7.85. The number of nitro groups is 1. The number of nitrogens with one attached hydrogen (secondary N) is 1. The Labute approximate surface area is 214 Å². The minimum Gasteiger partial charge on any atom is -0.465 e. The number of amides is 1. The van der Waals surface area contributed by atoms with E-state index >= 15 is 0 Å². The fraction of sp³-hybridized carbons (Fsp3) is 0.208. The number of ether oxygens (including phenoxy) is 4. The van der Waals surface area contributed by atoms with Crippen molar-refractivity contribution in [1.82, 2.24) is 0 Å². The normalized spacial score (nSPS) is 11.6. The minimum atomic E-state index is -0.947. The van der Waals surface area contributed by atoms with Gasteiger partial charge in [0.2, 0.25) is 6.79 Å². The number of carbonyl (C=O) groups excluding carboxylic acids is 3. The molecule has 37 heavy (non-hydrogen) atoms. The van der Waals surface area contributed by atoms with Crippen LogP contribution in [-0.4, -0.2) is 43.3 Å². The lowest BCUT2D eigenvalue weighted by Gasteiger charge is -2.09. The van der Waals surface area contributed by atoms with Gasteiger partial charge in [-0.25, -0.2) is 9.59 Å². The standard InChI is InChI=1S/C24H21N3O9S/c1-12-15(7-13-3-6-18-19(8-13)36-11-35-18)21(24(30)33-2)22(37-12)26-20(28)10-34-23(29)14-4-5-16(25)17(9-14)27(31)32/h3-6,8-9H,7,10-11,25H2,1-2H3,(H,26,28). The number of rotatable bonds is 8. The van der Waals surface area contributed by atoms with Crippen LogP contribution >= 0.6 is 11.3 Å². The van der Waals surface area contributed by atoms with E-state index in [1.165, 1.54) is 30.6 Å². The van der Waals surface area contributed by atoms with Crippen LogP contribution in [0.15, 0.2) is 36.4 Å². The molecule has 192 valence electrons. The van der Waals surface area contributed by atoms with E-state index in [0.29, 0.717) is 23.5 Å². The third-order valence-corrected chi connectivity index (χ3v) is 6.53. The molecular weight excluding hydrogens is 506 g/mol. The Morgan fingerprint density at radius 1 is 1.14 bits per heavy atom. The number of fused-ring (bicyclic) bond motifs is 1. The molecule has 0 aliphatic carbocycles. The molecular formula is C24H21N3O9S. The average molecular weight is 528 g/mol. The molecule has 0 saturated carbocycles. The molecule has 1 aromatic heterocycles. The quantitative estimate of drug-likeness (QED) is 0.191. The summed E-state index contributed by atoms with van der Waals surface area (Å²) in [7, 11) is 1.23. The van der Waals surface area contributed by atoms with E-state index in [1.807, 2.05) is 19.1 Å². The molecule has 0 fully saturated rings. The Hall–Kier alpha value is -4.65. The Bertz CT molecular complexity index is 1420. The van der Waals surface area contributed by atoms with Crippen molar-refractivity contribution >= 4 is 45.6 Å². The van der Waals surface area contributed by atoms with Crippen molar-refractivity contribution in [2.75, 3.05) is 31.6 Å². The molecule has 3 N–H and O–H groups in total. The molecule has 0 unspecified atom stereocenters. The number of hydrogen-bond acceptors (Lipinski definition) is 11. The van der Waals surface area contributed by atoms with Gasteiger partial charge in [0.05, 0.1) is 23.2 Å². The van der Waals surface area contributed by atoms with Gasteiger partial charge in [0.1, 0.15) is 10.7 Å². The summed E-state index contributed by atoms with van der Waals surface area (Å²) in [6, 6.07) is 8.88. The maximum absolute atomic E-state index is 12.6. The van der Waals surface area contributed by atoms with Gasteiger partial charge >= 0.3 is 11.9 Å². The number of methoxy groups -OCH3 is 1. The first kappa shape index (κ1) is 25.4. The van der Waals surface area contributed by atoms with Gasteiger partial charge < -0.3 is 30.0 Å². The molecule has 0 radical (unpaired) electrons. The lowest BCUT2D eigenvalue weighted by atomic mass is 10.0. The molecule has 0 bridgehead atoms. The highest BCUT2D eigenvalue weighted by molar-refractivity contribution is 7.16. The number of thiophene rings is 1. The first-order valence-corrected chi connectivity index (χ1v) is 11.6. The molecule has 2 heterocycles. The molecule has 0 saturated heterocycles. The van der Waals surface area contributed by atoms with E-state index in [4.69, 9.17) is 24.7 Å². The number of nitrogen functional groups attached to an aromatic ring is 1. The Kier molecular flexibility index (Phi) is 7.25. The summed E-state index contributed by atoms with van der Waals surface area (Å²) in [6.07, 6.45) is 0.365. The molecule has 4 rings (SSSR count). The maximum atomic E-state index is 12.6. The van der Waals surface area contributed by atoms with Gasteiger partial charge in [-0.15, -0.1) is 11.3 Å². The number of anilines is 2. The molecule has 0 atom stereocenters. The van der Waals surface area contributed by atoms with E-state index in [2.05, 4.69) is 5.32 Å². The van der Waals surface area contributed by atoms with Crippen molar-refractivity contribution < 1.29 is 38.3 Å². The minimum absolute atomic E-state index is 0.112. The van der Waals surface area contributed by atoms with Gasteiger partial charge in [-0.3, -0.25) is 14.9 Å². The lowest BCUT2D eigenvalue weighted by Crippen LogP contribution is -2.22. The zero-order chi connectivity index (χ0) is 26.7. The van der Waals surface area contributed by atoms with Gasteiger partial charge in [0.15, 0.2) is 18.1 Å². The highest BCUT2D eigenvalue weighted by Gasteiger charge is 2.25. The number of carbonyl (C=O) groups is 3. The molecule has 1 amide bonds. The van der Waals surface area contributed by atoms with E-state index in [9.17, 15) is 24.5 Å². The topological polar surface area (TPSA) is 169 Å². The molecule has 1 aliphatic heterocycles. The lowest BCUT2D eigenvalue weighted by molar-refractivity contribution is -0.383. The summed E-state index contributed by atoms with van der Waals surface area (Å²) >= 11 is 1.18. The maximum Gasteiger partial charge on any atom is 0.341 e. The van der Waals surface area contributed by atoms with E-state index in [0.717, 1.165) is 16.5 Å². The average Bonchev–Trinajstić information content (AvgIpc) is 3.45. The third-order valence-electron chi connectivity index (χ3n) is 5.47. The number of nitro benzene ring substituents is 1. The highest BCUT2D eigenvalue weighted by Crippen LogP contribution is 2.37. The fourth-order valence-corrected chi connectivity index (χ4v) is 4.74. The number of nitrogens with two attached hydrogens (primary N) is 1. The van der Waals surface area contributed by atoms with Crippen molar-refractivity contribution in [3.05, 3.63) is 73.6 Å². The number of nitrogens with zero attached hydrogens (tertiary/aromatic N) is 1. The summed E-state index contributed by atoms with van der Waals surface area (Å²) in [5, 5.41) is 13.9. The monoisotopic (exact) mass is 527 g/mol. The van der Waals surface area contributed by atoms with Crippen molar-refractivity contribution in [2.45, 2.75) is 13.3 Å². The molecule has 13 heteroatoms. The van der Waals surface area contributed by atoms with Crippen LogP contribution in [0.25, 0.3) is 0 Å². The molecule has 0 spiro atoms. The summed E-state index contributed by atoms with van der Waals surface area (Å²) in [5.41, 5.74) is 6.54. The van der Waals surface area contributed by atoms with E-state index in [1.54, 1.807) is 6.07 Å². The van der Waals surface area contributed by atoms with Crippen LogP contribution in [0.4, 0.5) is 16.4 Å². The SMILES string of the molecule is COC(=O)c1c(NC(=O)COC(=O)c2ccc(N)c([N+](=O)[O-])c2)sc(C)c1Cc1ccc2c(c1)OCO2. The van der Waals surface area contributed by atoms with E-state index in [-0.39, 0.29) is 28.6 Å². The highest BCUT2D eigenvalue weighted by atomic mass is 32.1. The summed E-state index contributed by atoms with van der Waals surface area (Å²) in [6.45, 7) is 1.26. The Morgan fingerprint density at radius 2 is 1.89 bits per heavy atom. The Balaban J connectivity index is 1.48. The van der Waals surface area contributed by atoms with Crippen LogP contribution < -0.4 is 20.5 Å². The van der Waals surface area contributed by atoms with Crippen molar-refractivity contribution in [1.29, 1.82) is 0 Å². The predicted molar refractivity (Wildman–Crippen MR) is 132 cm³/mol. The fourth-order valence-electron chi connectivity index (χ4n) is 3.66. The van der Waals surface area contributed by atoms with Gasteiger partial charge in [0, 0.05) is 10.9 Å². The van der Waals surface area contributed by atoms with Crippen molar-refractivity contribution in [3.63, 3.8) is 0 Å². The van der Waals surface area contributed by atoms with Crippen LogP contribution in [0.3, 0.4) is 0 Å². The second kappa shape index (κ2) is 10.5. The van der Waals surface area contributed by atoms with Crippen molar-refractivity contribution in [3.8, 4) is 11.5 Å². The van der Waals surface area contributed by atoms with Crippen LogP contribution in [0.2, 0.25) is 0 Å². The van der Waals surface area contributed by atoms with Gasteiger partial charge in [-0.05, 0) is 48.7 Å². The largest absolute Gasteiger partial charge is 0.465 e. The molecule has 12 nitrogen and oxygen atoms in total. The summed E-state index contributed by atoms with van der Waals surface area (Å²) in [5.74, 6) is -1.06. The predicted octanol–water partition coefficient (Wildman–Crippen LogP) is 3.45.